The second-order valence-electron chi connectivity index (χ2n) is 4.60. The molecular weight excluding hydrogens is 274 g/mol. The zero-order chi connectivity index (χ0) is 14.5. The van der Waals surface area contributed by atoms with E-state index in [4.69, 9.17) is 5.11 Å². The molecule has 1 aromatic carbocycles. The predicted molar refractivity (Wildman–Crippen MR) is 82.1 cm³/mol. The Hall–Kier alpha value is -2.08. The van der Waals surface area contributed by atoms with Gasteiger partial charge in [-0.1, -0.05) is 0 Å². The summed E-state index contributed by atoms with van der Waals surface area (Å²) < 4.78 is 0. The van der Waals surface area contributed by atoms with Crippen LogP contribution in [0.4, 0.5) is 16.5 Å². The lowest BCUT2D eigenvalue weighted by atomic mass is 10.2. The smallest absolute Gasteiger partial charge is 0.303 e. The second-order valence-corrected chi connectivity index (χ2v) is 5.46. The number of nitrogens with zero attached hydrogens (tertiary/aromatic N) is 2. The minimum absolute atomic E-state index is 0.112. The Balaban J connectivity index is 1.97. The molecule has 2 N–H and O–H groups in total. The minimum atomic E-state index is -0.799. The van der Waals surface area contributed by atoms with Crippen molar-refractivity contribution in [2.24, 2.45) is 0 Å². The van der Waals surface area contributed by atoms with E-state index in [1.165, 1.54) is 11.3 Å². The van der Waals surface area contributed by atoms with Crippen LogP contribution in [0.15, 0.2) is 29.6 Å². The first-order valence-corrected chi connectivity index (χ1v) is 7.13. The Morgan fingerprint density at radius 1 is 1.35 bits per heavy atom. The van der Waals surface area contributed by atoms with E-state index in [1.807, 2.05) is 48.6 Å². The quantitative estimate of drug-likeness (QED) is 0.856. The van der Waals surface area contributed by atoms with Crippen molar-refractivity contribution >= 4 is 33.8 Å². The van der Waals surface area contributed by atoms with E-state index >= 15 is 0 Å². The highest BCUT2D eigenvalue weighted by atomic mass is 32.1. The summed E-state index contributed by atoms with van der Waals surface area (Å²) in [4.78, 5) is 16.9. The van der Waals surface area contributed by atoms with Crippen molar-refractivity contribution < 1.29 is 9.90 Å². The average molecular weight is 291 g/mol. The van der Waals surface area contributed by atoms with Gasteiger partial charge in [0.15, 0.2) is 5.13 Å². The fraction of sp³-hybridized carbons (Fsp3) is 0.286. The molecule has 0 atom stereocenters. The number of aryl methyl sites for hydroxylation is 1. The predicted octanol–water partition coefficient (Wildman–Crippen LogP) is 2.97. The van der Waals surface area contributed by atoms with Crippen molar-refractivity contribution in [2.75, 3.05) is 24.3 Å². The van der Waals surface area contributed by atoms with Crippen molar-refractivity contribution in [1.29, 1.82) is 0 Å². The number of hydrogen-bond acceptors (Lipinski definition) is 5. The second kappa shape index (κ2) is 6.38. The van der Waals surface area contributed by atoms with Crippen LogP contribution in [-0.4, -0.2) is 30.2 Å². The van der Waals surface area contributed by atoms with Crippen LogP contribution in [0, 0.1) is 0 Å². The third kappa shape index (κ3) is 3.96. The summed E-state index contributed by atoms with van der Waals surface area (Å²) in [6.07, 6.45) is 0.577. The highest BCUT2D eigenvalue weighted by molar-refractivity contribution is 7.13. The maximum Gasteiger partial charge on any atom is 0.303 e. The van der Waals surface area contributed by atoms with Crippen LogP contribution in [0.25, 0.3) is 0 Å². The normalized spacial score (nSPS) is 10.3. The summed E-state index contributed by atoms with van der Waals surface area (Å²) in [6.45, 7) is 0. The van der Waals surface area contributed by atoms with Crippen LogP contribution in [0.2, 0.25) is 0 Å². The lowest BCUT2D eigenvalue weighted by Gasteiger charge is -2.12. The molecular formula is C14H17N3O2S. The highest BCUT2D eigenvalue weighted by Gasteiger charge is 2.05. The molecule has 2 rings (SSSR count). The lowest BCUT2D eigenvalue weighted by Crippen LogP contribution is -2.08. The molecule has 0 aliphatic carbocycles. The lowest BCUT2D eigenvalue weighted by molar-refractivity contribution is -0.136. The number of aliphatic carboxylic acids is 1. The van der Waals surface area contributed by atoms with Gasteiger partial charge in [-0.2, -0.15) is 0 Å². The van der Waals surface area contributed by atoms with E-state index in [1.54, 1.807) is 0 Å². The van der Waals surface area contributed by atoms with Gasteiger partial charge in [0.1, 0.15) is 0 Å². The number of hydrogen-bond donors (Lipinski definition) is 2. The molecule has 20 heavy (non-hydrogen) atoms. The summed E-state index contributed by atoms with van der Waals surface area (Å²) in [7, 11) is 4.00. The number of carboxylic acid groups (broad SMARTS) is 1. The Morgan fingerprint density at radius 3 is 2.65 bits per heavy atom. The van der Waals surface area contributed by atoms with E-state index in [2.05, 4.69) is 10.3 Å². The third-order valence-corrected chi connectivity index (χ3v) is 3.59. The number of carbonyl (C=O) groups is 1. The number of aromatic nitrogens is 1. The van der Waals surface area contributed by atoms with Crippen LogP contribution in [0.5, 0.6) is 0 Å². The maximum atomic E-state index is 10.5. The van der Waals surface area contributed by atoms with Crippen LogP contribution in [0.3, 0.4) is 0 Å². The monoisotopic (exact) mass is 291 g/mol. The first kappa shape index (κ1) is 14.3. The zero-order valence-electron chi connectivity index (χ0n) is 11.5. The van der Waals surface area contributed by atoms with Gasteiger partial charge in [-0.05, 0) is 24.3 Å². The van der Waals surface area contributed by atoms with Crippen molar-refractivity contribution in [3.63, 3.8) is 0 Å². The molecule has 0 saturated carbocycles. The van der Waals surface area contributed by atoms with E-state index in [0.717, 1.165) is 22.2 Å². The maximum absolute atomic E-state index is 10.5. The topological polar surface area (TPSA) is 65.5 Å². The zero-order valence-corrected chi connectivity index (χ0v) is 12.3. The van der Waals surface area contributed by atoms with Crippen LogP contribution >= 0.6 is 11.3 Å². The molecule has 1 aromatic heterocycles. The van der Waals surface area contributed by atoms with Crippen molar-refractivity contribution in [3.05, 3.63) is 35.3 Å². The third-order valence-electron chi connectivity index (χ3n) is 2.78. The Kier molecular flexibility index (Phi) is 4.57. The van der Waals surface area contributed by atoms with Gasteiger partial charge in [0.25, 0.3) is 0 Å². The molecule has 0 radical (unpaired) electrons. The highest BCUT2D eigenvalue weighted by Crippen LogP contribution is 2.23. The van der Waals surface area contributed by atoms with Gasteiger partial charge < -0.3 is 15.3 Å². The standard InChI is InChI=1S/C14H17N3O2S/c1-17(2)12-6-3-10(4-7-12)15-14-16-11(9-20-14)5-8-13(18)19/h3-4,6-7,9H,5,8H2,1-2H3,(H,15,16)(H,18,19). The van der Waals surface area contributed by atoms with Gasteiger partial charge in [0, 0.05) is 37.3 Å². The molecule has 0 bridgehead atoms. The molecule has 5 nitrogen and oxygen atoms in total. The summed E-state index contributed by atoms with van der Waals surface area (Å²) >= 11 is 1.48. The van der Waals surface area contributed by atoms with Gasteiger partial charge in [-0.25, -0.2) is 4.98 Å². The molecule has 0 spiro atoms. The molecule has 1 heterocycles. The summed E-state index contributed by atoms with van der Waals surface area (Å²) in [5, 5.41) is 14.5. The molecule has 106 valence electrons. The number of benzene rings is 1. The average Bonchev–Trinajstić information content (AvgIpc) is 2.84. The summed E-state index contributed by atoms with van der Waals surface area (Å²) in [6, 6.07) is 8.05. The summed E-state index contributed by atoms with van der Waals surface area (Å²) in [5.41, 5.74) is 2.91. The number of carboxylic acids is 1. The number of thiazole rings is 1. The Labute approximate surface area is 121 Å². The first-order chi connectivity index (χ1) is 9.54. The van der Waals surface area contributed by atoms with Gasteiger partial charge in [0.2, 0.25) is 0 Å². The molecule has 2 aromatic rings. The Bertz CT molecular complexity index is 578. The van der Waals surface area contributed by atoms with E-state index in [9.17, 15) is 4.79 Å². The first-order valence-electron chi connectivity index (χ1n) is 6.25. The van der Waals surface area contributed by atoms with E-state index < -0.39 is 5.97 Å². The molecule has 0 aliphatic heterocycles. The van der Waals surface area contributed by atoms with Crippen molar-refractivity contribution in [1.82, 2.24) is 4.98 Å². The number of nitrogens with one attached hydrogen (secondary N) is 1. The molecule has 6 heteroatoms. The minimum Gasteiger partial charge on any atom is -0.481 e. The fourth-order valence-electron chi connectivity index (χ4n) is 1.68. The summed E-state index contributed by atoms with van der Waals surface area (Å²) in [5.74, 6) is -0.799. The molecule has 0 amide bonds. The van der Waals surface area contributed by atoms with Crippen LogP contribution in [-0.2, 0) is 11.2 Å². The SMILES string of the molecule is CN(C)c1ccc(Nc2nc(CCC(=O)O)cs2)cc1. The van der Waals surface area contributed by atoms with E-state index in [0.29, 0.717) is 6.42 Å². The van der Waals surface area contributed by atoms with Gasteiger partial charge in [0.05, 0.1) is 12.1 Å². The van der Waals surface area contributed by atoms with Crippen molar-refractivity contribution in [2.45, 2.75) is 12.8 Å². The van der Waals surface area contributed by atoms with Gasteiger partial charge >= 0.3 is 5.97 Å². The largest absolute Gasteiger partial charge is 0.481 e. The van der Waals surface area contributed by atoms with Gasteiger partial charge in [-0.3, -0.25) is 4.79 Å². The number of rotatable bonds is 6. The number of anilines is 3. The molecule has 0 aliphatic rings. The molecule has 0 fully saturated rings. The molecule has 0 saturated heterocycles. The van der Waals surface area contributed by atoms with E-state index in [-0.39, 0.29) is 6.42 Å². The van der Waals surface area contributed by atoms with Gasteiger partial charge in [-0.15, -0.1) is 11.3 Å². The van der Waals surface area contributed by atoms with Crippen LogP contribution < -0.4 is 10.2 Å². The Morgan fingerprint density at radius 2 is 2.05 bits per heavy atom. The van der Waals surface area contributed by atoms with Crippen LogP contribution in [0.1, 0.15) is 12.1 Å². The molecule has 0 unspecified atom stereocenters. The van der Waals surface area contributed by atoms with Crippen molar-refractivity contribution in [3.8, 4) is 0 Å². The fourth-order valence-corrected chi connectivity index (χ4v) is 2.45.